The molecule has 1 fully saturated rings. The lowest BCUT2D eigenvalue weighted by Gasteiger charge is -2.43. The number of ether oxygens (including phenoxy) is 1. The topological polar surface area (TPSA) is 67.7 Å². The molecule has 148 valence electrons. The Bertz CT molecular complexity index is 936. The highest BCUT2D eigenvalue weighted by atomic mass is 16.5. The molecule has 1 saturated heterocycles. The second-order valence-electron chi connectivity index (χ2n) is 8.04. The van der Waals surface area contributed by atoms with E-state index in [0.717, 1.165) is 17.7 Å². The summed E-state index contributed by atoms with van der Waals surface area (Å²) >= 11 is 0. The van der Waals surface area contributed by atoms with Gasteiger partial charge in [0.25, 0.3) is 11.5 Å². The molecule has 0 N–H and O–H groups in total. The van der Waals surface area contributed by atoms with Gasteiger partial charge >= 0.3 is 0 Å². The van der Waals surface area contributed by atoms with E-state index in [2.05, 4.69) is 11.1 Å². The summed E-state index contributed by atoms with van der Waals surface area (Å²) in [5.74, 6) is 0.983. The SMILES string of the molecule is COc1ccc(C(=O)N2C[C@@H]3C[C@H](C2)c2ccc(CN(C)C)c(=O)n2C3)cn1. The van der Waals surface area contributed by atoms with Crippen molar-refractivity contribution in [3.63, 3.8) is 0 Å². The van der Waals surface area contributed by atoms with Crippen molar-refractivity contribution in [1.82, 2.24) is 19.4 Å². The monoisotopic (exact) mass is 382 g/mol. The number of pyridine rings is 2. The van der Waals surface area contributed by atoms with Crippen molar-refractivity contribution in [2.75, 3.05) is 34.3 Å². The van der Waals surface area contributed by atoms with Crippen LogP contribution in [0.15, 0.2) is 35.3 Å². The molecule has 28 heavy (non-hydrogen) atoms. The highest BCUT2D eigenvalue weighted by molar-refractivity contribution is 5.94. The lowest BCUT2D eigenvalue weighted by atomic mass is 9.82. The number of likely N-dealkylation sites (tertiary alicyclic amines) is 1. The largest absolute Gasteiger partial charge is 0.481 e. The van der Waals surface area contributed by atoms with Gasteiger partial charge in [-0.3, -0.25) is 9.59 Å². The lowest BCUT2D eigenvalue weighted by molar-refractivity contribution is 0.0593. The van der Waals surface area contributed by atoms with Crippen LogP contribution in [0, 0.1) is 5.92 Å². The summed E-state index contributed by atoms with van der Waals surface area (Å²) in [6.45, 7) is 2.62. The van der Waals surface area contributed by atoms with Crippen molar-refractivity contribution in [2.45, 2.75) is 25.4 Å². The van der Waals surface area contributed by atoms with E-state index in [4.69, 9.17) is 4.74 Å². The predicted molar refractivity (Wildman–Crippen MR) is 106 cm³/mol. The van der Waals surface area contributed by atoms with Crippen LogP contribution in [-0.4, -0.2) is 59.6 Å². The molecule has 0 unspecified atom stereocenters. The van der Waals surface area contributed by atoms with E-state index in [1.165, 1.54) is 0 Å². The van der Waals surface area contributed by atoms with Gasteiger partial charge in [0.2, 0.25) is 5.88 Å². The molecule has 2 atom stereocenters. The Morgan fingerprint density at radius 3 is 2.71 bits per heavy atom. The summed E-state index contributed by atoms with van der Waals surface area (Å²) in [5.41, 5.74) is 2.56. The van der Waals surface area contributed by atoms with E-state index < -0.39 is 0 Å². The van der Waals surface area contributed by atoms with E-state index in [1.54, 1.807) is 25.4 Å². The third-order valence-electron chi connectivity index (χ3n) is 5.65. The normalized spacial score (nSPS) is 20.8. The smallest absolute Gasteiger partial charge is 0.255 e. The molecule has 2 aromatic rings. The molecule has 0 aromatic carbocycles. The minimum atomic E-state index is -0.00937. The van der Waals surface area contributed by atoms with Crippen molar-refractivity contribution < 1.29 is 9.53 Å². The molecule has 0 saturated carbocycles. The number of piperidine rings is 1. The van der Waals surface area contributed by atoms with E-state index in [1.807, 2.05) is 34.5 Å². The van der Waals surface area contributed by atoms with Crippen molar-refractivity contribution in [3.8, 4) is 5.88 Å². The van der Waals surface area contributed by atoms with Gasteiger partial charge in [-0.1, -0.05) is 6.07 Å². The van der Waals surface area contributed by atoms with Gasteiger partial charge in [0.05, 0.1) is 12.7 Å². The number of fused-ring (bicyclic) bond motifs is 4. The predicted octanol–water partition coefficient (Wildman–Crippen LogP) is 1.57. The Kier molecular flexibility index (Phi) is 4.93. The molecule has 2 aromatic heterocycles. The van der Waals surface area contributed by atoms with Crippen LogP contribution < -0.4 is 10.3 Å². The molecular weight excluding hydrogens is 356 g/mol. The molecule has 7 nitrogen and oxygen atoms in total. The molecule has 0 spiro atoms. The van der Waals surface area contributed by atoms with Crippen LogP contribution >= 0.6 is 0 Å². The summed E-state index contributed by atoms with van der Waals surface area (Å²) in [7, 11) is 5.49. The highest BCUT2D eigenvalue weighted by Gasteiger charge is 2.37. The number of aromatic nitrogens is 2. The third kappa shape index (κ3) is 3.42. The Labute approximate surface area is 164 Å². The number of carbonyl (C=O) groups excluding carboxylic acids is 1. The fourth-order valence-electron chi connectivity index (χ4n) is 4.43. The Balaban J connectivity index is 1.57. The number of amides is 1. The average molecular weight is 382 g/mol. The maximum atomic E-state index is 13.0. The highest BCUT2D eigenvalue weighted by Crippen LogP contribution is 2.35. The van der Waals surface area contributed by atoms with Gasteiger partial charge in [0.1, 0.15) is 0 Å². The molecule has 4 rings (SSSR count). The van der Waals surface area contributed by atoms with Crippen molar-refractivity contribution >= 4 is 5.91 Å². The summed E-state index contributed by atoms with van der Waals surface area (Å²) in [6, 6.07) is 7.48. The van der Waals surface area contributed by atoms with E-state index >= 15 is 0 Å². The molecule has 0 radical (unpaired) electrons. The van der Waals surface area contributed by atoms with Gasteiger partial charge in [-0.25, -0.2) is 4.98 Å². The fraction of sp³-hybridized carbons (Fsp3) is 0.476. The third-order valence-corrected chi connectivity index (χ3v) is 5.65. The van der Waals surface area contributed by atoms with Gasteiger partial charge in [-0.15, -0.1) is 0 Å². The lowest BCUT2D eigenvalue weighted by Crippen LogP contribution is -2.49. The number of rotatable bonds is 4. The van der Waals surface area contributed by atoms with E-state index in [0.29, 0.717) is 43.5 Å². The zero-order chi connectivity index (χ0) is 19.8. The fourth-order valence-corrected chi connectivity index (χ4v) is 4.43. The first-order chi connectivity index (χ1) is 13.5. The molecule has 7 heteroatoms. The maximum Gasteiger partial charge on any atom is 0.255 e. The Morgan fingerprint density at radius 2 is 2.04 bits per heavy atom. The number of nitrogens with zero attached hydrogens (tertiary/aromatic N) is 4. The van der Waals surface area contributed by atoms with Crippen LogP contribution in [0.2, 0.25) is 0 Å². The molecule has 4 heterocycles. The summed E-state index contributed by atoms with van der Waals surface area (Å²) < 4.78 is 7.01. The standard InChI is InChI=1S/C21H26N4O3/c1-23(2)12-16-4-6-18-17-8-14(11-25(18)21(16)27)10-24(13-17)20(26)15-5-7-19(28-3)22-9-15/h4-7,9,14,17H,8,10-13H2,1-3H3/t14-,17+/m0/s1. The second kappa shape index (κ2) is 7.39. The second-order valence-corrected chi connectivity index (χ2v) is 8.04. The number of methoxy groups -OCH3 is 1. The maximum absolute atomic E-state index is 13.0. The first-order valence-electron chi connectivity index (χ1n) is 9.63. The van der Waals surface area contributed by atoms with Crippen LogP contribution in [0.25, 0.3) is 0 Å². The van der Waals surface area contributed by atoms with Crippen LogP contribution in [0.1, 0.15) is 34.0 Å². The molecule has 2 aliphatic heterocycles. The van der Waals surface area contributed by atoms with E-state index in [-0.39, 0.29) is 17.4 Å². The molecule has 2 bridgehead atoms. The molecule has 1 amide bonds. The van der Waals surface area contributed by atoms with Gasteiger partial charge in [0.15, 0.2) is 0 Å². The quantitative estimate of drug-likeness (QED) is 0.803. The van der Waals surface area contributed by atoms with Crippen LogP contribution in [0.4, 0.5) is 0 Å². The minimum absolute atomic E-state index is 0.00937. The van der Waals surface area contributed by atoms with Crippen LogP contribution in [0.5, 0.6) is 5.88 Å². The van der Waals surface area contributed by atoms with Crippen molar-refractivity contribution in [2.24, 2.45) is 5.92 Å². The summed E-state index contributed by atoms with van der Waals surface area (Å²) in [4.78, 5) is 33.9. The number of hydrogen-bond donors (Lipinski definition) is 0. The van der Waals surface area contributed by atoms with Crippen molar-refractivity contribution in [3.05, 3.63) is 57.6 Å². The minimum Gasteiger partial charge on any atom is -0.481 e. The summed E-state index contributed by atoms with van der Waals surface area (Å²) in [6.07, 6.45) is 2.59. The van der Waals surface area contributed by atoms with Gasteiger partial charge in [-0.2, -0.15) is 0 Å². The first kappa shape index (κ1) is 18.7. The molecular formula is C21H26N4O3. The number of carbonyl (C=O) groups is 1. The molecule has 2 aliphatic rings. The average Bonchev–Trinajstić information content (AvgIpc) is 2.69. The zero-order valence-corrected chi connectivity index (χ0v) is 16.6. The summed E-state index contributed by atoms with van der Waals surface area (Å²) in [5, 5.41) is 0. The molecule has 0 aliphatic carbocycles. The Morgan fingerprint density at radius 1 is 1.21 bits per heavy atom. The van der Waals surface area contributed by atoms with Crippen LogP contribution in [0.3, 0.4) is 0 Å². The van der Waals surface area contributed by atoms with Gasteiger partial charge in [-0.05, 0) is 38.6 Å². The van der Waals surface area contributed by atoms with Crippen LogP contribution in [-0.2, 0) is 13.1 Å². The van der Waals surface area contributed by atoms with Gasteiger partial charge < -0.3 is 19.1 Å². The zero-order valence-electron chi connectivity index (χ0n) is 16.6. The Hall–Kier alpha value is -2.67. The first-order valence-corrected chi connectivity index (χ1v) is 9.63. The van der Waals surface area contributed by atoms with Crippen molar-refractivity contribution in [1.29, 1.82) is 0 Å². The van der Waals surface area contributed by atoms with E-state index in [9.17, 15) is 9.59 Å². The van der Waals surface area contributed by atoms with Gasteiger partial charge in [0, 0.05) is 55.6 Å². The number of hydrogen-bond acceptors (Lipinski definition) is 5.